The minimum atomic E-state index is -0.318. The van der Waals surface area contributed by atoms with Crippen molar-refractivity contribution in [3.05, 3.63) is 0 Å². The van der Waals surface area contributed by atoms with E-state index in [9.17, 15) is 4.79 Å². The van der Waals surface area contributed by atoms with Crippen LogP contribution in [0.25, 0.3) is 0 Å². The largest absolute Gasteiger partial charge is 0.462 e. The third-order valence-corrected chi connectivity index (χ3v) is 1.21. The van der Waals surface area contributed by atoms with Crippen molar-refractivity contribution in [2.75, 3.05) is 0 Å². The normalized spacial score (nSPS) is 16.0. The Morgan fingerprint density at radius 1 is 1.50 bits per heavy atom. The molecular formula is C8H18N2O2. The molecule has 1 fully saturated rings. The molecule has 0 atom stereocenters. The Morgan fingerprint density at radius 2 is 2.00 bits per heavy atom. The molecule has 4 heteroatoms. The summed E-state index contributed by atoms with van der Waals surface area (Å²) >= 11 is 0. The topological polar surface area (TPSA) is 64.3 Å². The van der Waals surface area contributed by atoms with E-state index in [2.05, 4.69) is 10.2 Å². The molecule has 0 amide bonds. The van der Waals surface area contributed by atoms with E-state index in [1.54, 1.807) is 0 Å². The van der Waals surface area contributed by atoms with E-state index in [1.165, 1.54) is 12.8 Å². The van der Waals surface area contributed by atoms with Gasteiger partial charge in [0.2, 0.25) is 0 Å². The second-order valence-corrected chi connectivity index (χ2v) is 3.77. The van der Waals surface area contributed by atoms with Crippen molar-refractivity contribution in [2.24, 2.45) is 5.84 Å². The van der Waals surface area contributed by atoms with E-state index >= 15 is 0 Å². The smallest absolute Gasteiger partial charge is 0.293 e. The summed E-state index contributed by atoms with van der Waals surface area (Å²) in [4.78, 5) is 9.60. The maximum Gasteiger partial charge on any atom is 0.293 e. The van der Waals surface area contributed by atoms with Crippen LogP contribution in [-0.2, 0) is 9.53 Å². The molecule has 0 unspecified atom stereocenters. The Bertz CT molecular complexity index is 128. The Kier molecular flexibility index (Phi) is 4.85. The van der Waals surface area contributed by atoms with Crippen LogP contribution in [0, 0.1) is 0 Å². The third kappa shape index (κ3) is 9.39. The van der Waals surface area contributed by atoms with Crippen molar-refractivity contribution in [1.82, 2.24) is 5.43 Å². The third-order valence-electron chi connectivity index (χ3n) is 1.21. The van der Waals surface area contributed by atoms with Gasteiger partial charge in [-0.15, -0.1) is 0 Å². The number of ether oxygens (including phenoxy) is 1. The standard InChI is InChI=1S/C5H10O2.C3H8N2/c1-5(2,3)7-4-6;4-5-3-1-2-3/h4H,1-3H3;3,5H,1-2,4H2. The lowest BCUT2D eigenvalue weighted by Crippen LogP contribution is -2.23. The number of rotatable bonds is 2. The van der Waals surface area contributed by atoms with E-state index in [4.69, 9.17) is 5.84 Å². The summed E-state index contributed by atoms with van der Waals surface area (Å²) in [7, 11) is 0. The van der Waals surface area contributed by atoms with Crippen LogP contribution < -0.4 is 11.3 Å². The van der Waals surface area contributed by atoms with Crippen LogP contribution >= 0.6 is 0 Å². The molecule has 1 rings (SSSR count). The number of nitrogens with one attached hydrogen (secondary N) is 1. The van der Waals surface area contributed by atoms with Crippen LogP contribution in [0.3, 0.4) is 0 Å². The molecule has 0 radical (unpaired) electrons. The van der Waals surface area contributed by atoms with Gasteiger partial charge in [0, 0.05) is 6.04 Å². The second-order valence-electron chi connectivity index (χ2n) is 3.77. The van der Waals surface area contributed by atoms with Gasteiger partial charge >= 0.3 is 0 Å². The fourth-order valence-corrected chi connectivity index (χ4v) is 0.394. The first-order valence-electron chi connectivity index (χ1n) is 4.07. The summed E-state index contributed by atoms with van der Waals surface area (Å²) in [5.74, 6) is 4.98. The number of carbonyl (C=O) groups is 1. The summed E-state index contributed by atoms with van der Waals surface area (Å²) in [5.41, 5.74) is 2.32. The van der Waals surface area contributed by atoms with Gasteiger partial charge in [-0.25, -0.2) is 0 Å². The number of hydrazine groups is 1. The van der Waals surface area contributed by atoms with Crippen molar-refractivity contribution < 1.29 is 9.53 Å². The van der Waals surface area contributed by atoms with Crippen LogP contribution in [0.1, 0.15) is 33.6 Å². The molecule has 0 aliphatic heterocycles. The SMILES string of the molecule is CC(C)(C)OC=O.NNC1CC1. The van der Waals surface area contributed by atoms with Gasteiger partial charge in [-0.05, 0) is 33.6 Å². The first kappa shape index (κ1) is 11.4. The maximum absolute atomic E-state index is 9.60. The van der Waals surface area contributed by atoms with Crippen molar-refractivity contribution in [3.8, 4) is 0 Å². The summed E-state index contributed by atoms with van der Waals surface area (Å²) in [6, 6.07) is 0.662. The highest BCUT2D eigenvalue weighted by Gasteiger charge is 2.17. The lowest BCUT2D eigenvalue weighted by atomic mass is 10.2. The van der Waals surface area contributed by atoms with Gasteiger partial charge in [0.25, 0.3) is 6.47 Å². The molecule has 0 aromatic carbocycles. The highest BCUT2D eigenvalue weighted by atomic mass is 16.5. The minimum absolute atomic E-state index is 0.318. The average Bonchev–Trinajstić information content (AvgIpc) is 2.66. The van der Waals surface area contributed by atoms with E-state index < -0.39 is 0 Å². The van der Waals surface area contributed by atoms with Crippen LogP contribution in [0.15, 0.2) is 0 Å². The molecule has 4 nitrogen and oxygen atoms in total. The number of hydrogen-bond donors (Lipinski definition) is 2. The molecule has 0 bridgehead atoms. The van der Waals surface area contributed by atoms with Crippen molar-refractivity contribution in [1.29, 1.82) is 0 Å². The first-order valence-corrected chi connectivity index (χ1v) is 4.07. The molecule has 12 heavy (non-hydrogen) atoms. The highest BCUT2D eigenvalue weighted by Crippen LogP contribution is 2.16. The molecule has 0 saturated heterocycles. The van der Waals surface area contributed by atoms with Gasteiger partial charge in [-0.2, -0.15) is 0 Å². The Labute approximate surface area is 73.4 Å². The number of nitrogens with two attached hydrogens (primary N) is 1. The summed E-state index contributed by atoms with van der Waals surface area (Å²) < 4.78 is 4.55. The quantitative estimate of drug-likeness (QED) is 0.365. The van der Waals surface area contributed by atoms with Crippen LogP contribution in [-0.4, -0.2) is 18.1 Å². The maximum atomic E-state index is 9.60. The van der Waals surface area contributed by atoms with E-state index in [1.807, 2.05) is 20.8 Å². The van der Waals surface area contributed by atoms with Crippen LogP contribution in [0.2, 0.25) is 0 Å². The molecular weight excluding hydrogens is 156 g/mol. The summed E-state index contributed by atoms with van der Waals surface area (Å²) in [5, 5.41) is 0. The van der Waals surface area contributed by atoms with Crippen LogP contribution in [0.4, 0.5) is 0 Å². The number of carbonyl (C=O) groups excluding carboxylic acids is 1. The van der Waals surface area contributed by atoms with Gasteiger partial charge in [0.15, 0.2) is 0 Å². The molecule has 0 aromatic rings. The van der Waals surface area contributed by atoms with Crippen molar-refractivity contribution >= 4 is 6.47 Å². The Balaban J connectivity index is 0.000000211. The zero-order valence-electron chi connectivity index (χ0n) is 7.96. The molecule has 1 aliphatic rings. The molecule has 1 aliphatic carbocycles. The van der Waals surface area contributed by atoms with Gasteiger partial charge < -0.3 is 4.74 Å². The van der Waals surface area contributed by atoms with E-state index in [0.29, 0.717) is 12.5 Å². The average molecular weight is 174 g/mol. The van der Waals surface area contributed by atoms with Gasteiger partial charge in [0.1, 0.15) is 5.60 Å². The zero-order chi connectivity index (χ0) is 9.61. The monoisotopic (exact) mass is 174 g/mol. The first-order chi connectivity index (χ1) is 5.49. The lowest BCUT2D eigenvalue weighted by molar-refractivity contribution is -0.138. The lowest BCUT2D eigenvalue weighted by Gasteiger charge is -2.14. The molecule has 0 spiro atoms. The van der Waals surface area contributed by atoms with Crippen LogP contribution in [0.5, 0.6) is 0 Å². The molecule has 1 saturated carbocycles. The fourth-order valence-electron chi connectivity index (χ4n) is 0.394. The van der Waals surface area contributed by atoms with E-state index in [0.717, 1.165) is 0 Å². The van der Waals surface area contributed by atoms with Crippen molar-refractivity contribution in [2.45, 2.75) is 45.3 Å². The Morgan fingerprint density at radius 3 is 2.00 bits per heavy atom. The molecule has 72 valence electrons. The minimum Gasteiger partial charge on any atom is -0.462 e. The van der Waals surface area contributed by atoms with Gasteiger partial charge in [-0.3, -0.25) is 16.1 Å². The Hall–Kier alpha value is -0.610. The predicted octanol–water partition coefficient (Wildman–Crippen LogP) is 0.570. The number of hydrogen-bond acceptors (Lipinski definition) is 4. The molecule has 0 aromatic heterocycles. The summed E-state index contributed by atoms with van der Waals surface area (Å²) in [6.45, 7) is 5.92. The summed E-state index contributed by atoms with van der Waals surface area (Å²) in [6.07, 6.45) is 2.55. The van der Waals surface area contributed by atoms with Gasteiger partial charge in [0.05, 0.1) is 0 Å². The van der Waals surface area contributed by atoms with Crippen molar-refractivity contribution in [3.63, 3.8) is 0 Å². The molecule has 0 heterocycles. The van der Waals surface area contributed by atoms with Gasteiger partial charge in [-0.1, -0.05) is 0 Å². The fraction of sp³-hybridized carbons (Fsp3) is 0.875. The predicted molar refractivity (Wildman–Crippen MR) is 47.2 cm³/mol. The second kappa shape index (κ2) is 5.11. The molecule has 3 N–H and O–H groups in total. The van der Waals surface area contributed by atoms with E-state index in [-0.39, 0.29) is 5.60 Å². The highest BCUT2D eigenvalue weighted by molar-refractivity contribution is 5.37. The zero-order valence-corrected chi connectivity index (χ0v) is 7.96.